The first-order valence-corrected chi connectivity index (χ1v) is 3.37. The van der Waals surface area contributed by atoms with Crippen LogP contribution in [0.3, 0.4) is 0 Å². The monoisotopic (exact) mass is 176 g/mol. The molecule has 0 aromatic heterocycles. The quantitative estimate of drug-likeness (QED) is 0.194. The van der Waals surface area contributed by atoms with Gasteiger partial charge in [-0.2, -0.15) is 0 Å². The van der Waals surface area contributed by atoms with E-state index in [0.29, 0.717) is 0 Å². The fraction of sp³-hybridized carbons (Fsp3) is 0.800. The molecule has 12 heavy (non-hydrogen) atoms. The third kappa shape index (κ3) is 5.42. The van der Waals surface area contributed by atoms with Gasteiger partial charge in [0.05, 0.1) is 0 Å². The molecule has 7 nitrogen and oxygen atoms in total. The number of hydrogen-bond donors (Lipinski definition) is 2. The van der Waals surface area contributed by atoms with Crippen LogP contribution in [0.25, 0.3) is 0 Å². The number of hydrogen-bond acceptors (Lipinski definition) is 5. The van der Waals surface area contributed by atoms with Crippen LogP contribution in [0.2, 0.25) is 0 Å². The zero-order valence-electron chi connectivity index (χ0n) is 6.98. The molecule has 70 valence electrons. The Labute approximate surface area is 69.7 Å². The molecule has 0 spiro atoms. The molecule has 0 fully saturated rings. The van der Waals surface area contributed by atoms with Gasteiger partial charge in [-0.25, -0.2) is 5.84 Å². The molecule has 0 bridgehead atoms. The summed E-state index contributed by atoms with van der Waals surface area (Å²) in [6, 6.07) is 0. The first-order chi connectivity index (χ1) is 5.56. The van der Waals surface area contributed by atoms with Crippen molar-refractivity contribution >= 4 is 5.91 Å². The molecule has 0 aliphatic heterocycles. The Kier molecular flexibility index (Phi) is 4.70. The van der Waals surface area contributed by atoms with Crippen LogP contribution in [0.4, 0.5) is 0 Å². The number of nitrogens with one attached hydrogen (secondary N) is 1. The van der Waals surface area contributed by atoms with Crippen LogP contribution in [0.15, 0.2) is 5.28 Å². The van der Waals surface area contributed by atoms with Gasteiger partial charge in [0, 0.05) is 0 Å². The van der Waals surface area contributed by atoms with Gasteiger partial charge in [-0.05, 0) is 18.7 Å². The van der Waals surface area contributed by atoms with E-state index in [2.05, 4.69) is 10.1 Å². The lowest BCUT2D eigenvalue weighted by Gasteiger charge is -2.01. The number of hydrazine groups is 1. The Balaban J connectivity index is 3.77. The van der Waals surface area contributed by atoms with E-state index in [9.17, 15) is 10.0 Å². The van der Waals surface area contributed by atoms with E-state index in [0.717, 1.165) is 0 Å². The number of carbonyl (C=O) groups excluding carboxylic acids is 1. The van der Waals surface area contributed by atoms with E-state index in [4.69, 9.17) is 5.84 Å². The van der Waals surface area contributed by atoms with Crippen molar-refractivity contribution in [1.29, 1.82) is 0 Å². The molecular formula is C5H12N4O3. The lowest BCUT2D eigenvalue weighted by atomic mass is 10.5. The fourth-order valence-electron chi connectivity index (χ4n) is 0.344. The molecule has 0 radical (unpaired) electrons. The van der Waals surface area contributed by atoms with Gasteiger partial charge < -0.3 is 10.0 Å². The normalized spacial score (nSPS) is 11.5. The third-order valence-electron chi connectivity index (χ3n) is 0.789. The first kappa shape index (κ1) is 10.6. The molecule has 0 rings (SSSR count). The Hall–Kier alpha value is -1.37. The first-order valence-electron chi connectivity index (χ1n) is 3.37. The molecule has 0 unspecified atom stereocenters. The molecule has 0 aromatic rings. The summed E-state index contributed by atoms with van der Waals surface area (Å²) in [5.74, 6) is 4.10. The van der Waals surface area contributed by atoms with Crippen molar-refractivity contribution in [2.45, 2.75) is 20.0 Å². The third-order valence-corrected chi connectivity index (χ3v) is 0.789. The highest BCUT2D eigenvalue weighted by Gasteiger charge is 2.05. The molecule has 0 aliphatic rings. The average molecular weight is 176 g/mol. The number of nitrogens with two attached hydrogens (primary N) is 1. The number of nitrogens with zero attached hydrogens (tertiary/aromatic N) is 2. The van der Waals surface area contributed by atoms with Crippen molar-refractivity contribution < 1.29 is 14.5 Å². The summed E-state index contributed by atoms with van der Waals surface area (Å²) in [7, 11) is 0. The van der Waals surface area contributed by atoms with E-state index in [-0.39, 0.29) is 11.0 Å². The van der Waals surface area contributed by atoms with Gasteiger partial charge in [0.2, 0.25) is 5.28 Å². The second-order valence-electron chi connectivity index (χ2n) is 2.31. The molecule has 0 saturated heterocycles. The Morgan fingerprint density at radius 3 is 2.83 bits per heavy atom. The highest BCUT2D eigenvalue weighted by Crippen LogP contribution is 1.88. The Morgan fingerprint density at radius 1 is 1.83 bits per heavy atom. The van der Waals surface area contributed by atoms with Crippen LogP contribution >= 0.6 is 0 Å². The Morgan fingerprint density at radius 2 is 2.42 bits per heavy atom. The van der Waals surface area contributed by atoms with Crippen LogP contribution in [-0.4, -0.2) is 23.4 Å². The lowest BCUT2D eigenvalue weighted by molar-refractivity contribution is -0.550. The van der Waals surface area contributed by atoms with E-state index in [1.165, 1.54) is 0 Å². The smallest absolute Gasteiger partial charge is 0.303 e. The minimum absolute atomic E-state index is 0.113. The summed E-state index contributed by atoms with van der Waals surface area (Å²) >= 11 is 0. The van der Waals surface area contributed by atoms with Crippen molar-refractivity contribution in [2.75, 3.05) is 6.54 Å². The second-order valence-corrected chi connectivity index (χ2v) is 2.31. The standard InChI is InChI=1S/C5H12N4O3/c1-4(2)12-8-9(11)3-5(10)7-6/h4H,3,6H2,1-2H3,(H,7,10)/b9-8-. The van der Waals surface area contributed by atoms with Crippen LogP contribution in [0.1, 0.15) is 13.8 Å². The summed E-state index contributed by atoms with van der Waals surface area (Å²) in [5, 5.41) is 13.7. The van der Waals surface area contributed by atoms with Gasteiger partial charge in [-0.3, -0.25) is 10.2 Å². The maximum atomic E-state index is 10.6. The van der Waals surface area contributed by atoms with Gasteiger partial charge >= 0.3 is 5.91 Å². The number of carbonyl (C=O) groups is 1. The molecule has 0 atom stereocenters. The summed E-state index contributed by atoms with van der Waals surface area (Å²) in [4.78, 5) is 15.2. The maximum absolute atomic E-state index is 10.6. The van der Waals surface area contributed by atoms with Crippen molar-refractivity contribution in [3.05, 3.63) is 5.21 Å². The van der Waals surface area contributed by atoms with Crippen LogP contribution in [0, 0.1) is 5.21 Å². The predicted molar refractivity (Wildman–Crippen MR) is 39.5 cm³/mol. The predicted octanol–water partition coefficient (Wildman–Crippen LogP) is -0.721. The molecule has 0 aliphatic carbocycles. The van der Waals surface area contributed by atoms with Crippen LogP contribution in [0.5, 0.6) is 0 Å². The van der Waals surface area contributed by atoms with Gasteiger partial charge in [0.25, 0.3) is 6.54 Å². The van der Waals surface area contributed by atoms with Crippen molar-refractivity contribution in [3.8, 4) is 0 Å². The summed E-state index contributed by atoms with van der Waals surface area (Å²) in [5.41, 5.74) is 1.79. The van der Waals surface area contributed by atoms with Gasteiger partial charge in [-0.15, -0.1) is 0 Å². The number of hydroxylamine groups is 1. The maximum Gasteiger partial charge on any atom is 0.303 e. The highest BCUT2D eigenvalue weighted by atomic mass is 16.7. The van der Waals surface area contributed by atoms with Gasteiger partial charge in [0.1, 0.15) is 6.10 Å². The van der Waals surface area contributed by atoms with Gasteiger partial charge in [0.15, 0.2) is 0 Å². The molecular weight excluding hydrogens is 164 g/mol. The number of rotatable bonds is 4. The minimum Gasteiger partial charge on any atom is -0.597 e. The molecule has 0 aromatic carbocycles. The summed E-state index contributed by atoms with van der Waals surface area (Å²) in [6.07, 6.45) is -0.192. The zero-order chi connectivity index (χ0) is 9.56. The minimum atomic E-state index is -0.624. The van der Waals surface area contributed by atoms with Crippen molar-refractivity contribution in [3.63, 3.8) is 0 Å². The molecule has 0 heterocycles. The number of amides is 1. The Bertz CT molecular complexity index is 180. The van der Waals surface area contributed by atoms with Crippen molar-refractivity contribution in [2.24, 2.45) is 11.1 Å². The van der Waals surface area contributed by atoms with Crippen LogP contribution < -0.4 is 11.3 Å². The molecule has 1 amide bonds. The van der Waals surface area contributed by atoms with E-state index < -0.39 is 12.5 Å². The zero-order valence-corrected chi connectivity index (χ0v) is 6.98. The van der Waals surface area contributed by atoms with E-state index >= 15 is 0 Å². The molecule has 0 saturated carbocycles. The topological polar surface area (TPSA) is 103 Å². The SMILES string of the molecule is CC(C)O/N=[N+](\[O-])CC(=O)NN. The van der Waals surface area contributed by atoms with Crippen molar-refractivity contribution in [1.82, 2.24) is 5.43 Å². The second kappa shape index (κ2) is 5.30. The molecule has 7 heteroatoms. The van der Waals surface area contributed by atoms with Crippen LogP contribution in [-0.2, 0) is 9.63 Å². The largest absolute Gasteiger partial charge is 0.597 e. The van der Waals surface area contributed by atoms with Gasteiger partial charge in [-0.1, -0.05) is 0 Å². The average Bonchev–Trinajstić information content (AvgIpc) is 2.00. The van der Waals surface area contributed by atoms with E-state index in [1.807, 2.05) is 0 Å². The van der Waals surface area contributed by atoms with E-state index in [1.54, 1.807) is 19.3 Å². The summed E-state index contributed by atoms with van der Waals surface area (Å²) in [6.45, 7) is 2.95. The summed E-state index contributed by atoms with van der Waals surface area (Å²) < 4.78 is 0. The highest BCUT2D eigenvalue weighted by molar-refractivity contribution is 5.76. The lowest BCUT2D eigenvalue weighted by Crippen LogP contribution is -2.35. The molecule has 3 N–H and O–H groups in total. The fourth-order valence-corrected chi connectivity index (χ4v) is 0.344.